The third-order valence-electron chi connectivity index (χ3n) is 10.4. The Bertz CT molecular complexity index is 1510. The zero-order chi connectivity index (χ0) is 46.6. The molecule has 1 aromatic rings. The van der Waals surface area contributed by atoms with Gasteiger partial charge in [0.2, 0.25) is 0 Å². The Morgan fingerprint density at radius 1 is 0.422 bits per heavy atom. The molecule has 0 saturated heterocycles. The highest BCUT2D eigenvalue weighted by molar-refractivity contribution is 5.78. The van der Waals surface area contributed by atoms with Crippen LogP contribution in [0.1, 0.15) is 197 Å². The highest BCUT2D eigenvalue weighted by Crippen LogP contribution is 2.16. The fourth-order valence-corrected chi connectivity index (χ4v) is 6.81. The van der Waals surface area contributed by atoms with Crippen LogP contribution in [0.5, 0.6) is 0 Å². The van der Waals surface area contributed by atoms with Gasteiger partial charge in [-0.05, 0) is 120 Å². The fourth-order valence-electron chi connectivity index (χ4n) is 6.81. The number of hydrogen-bond acceptors (Lipinski definition) is 9. The van der Waals surface area contributed by atoms with Gasteiger partial charge in [-0.3, -0.25) is 19.2 Å². The molecule has 0 fully saturated rings. The molecule has 0 radical (unpaired) electrons. The number of nitrogens with zero attached hydrogens (tertiary/aromatic N) is 1. The third kappa shape index (κ3) is 38.2. The Hall–Kier alpha value is -4.24. The van der Waals surface area contributed by atoms with Gasteiger partial charge in [-0.15, -0.1) is 0 Å². The van der Waals surface area contributed by atoms with Crippen LogP contribution in [0.2, 0.25) is 0 Å². The van der Waals surface area contributed by atoms with Gasteiger partial charge in [-0.1, -0.05) is 145 Å². The van der Waals surface area contributed by atoms with E-state index in [1.54, 1.807) is 0 Å². The second-order valence-corrected chi connectivity index (χ2v) is 17.0. The van der Waals surface area contributed by atoms with Gasteiger partial charge in [0.25, 0.3) is 0 Å². The lowest BCUT2D eigenvalue weighted by molar-refractivity contribution is -0.151. The van der Waals surface area contributed by atoms with Crippen molar-refractivity contribution in [3.63, 3.8) is 0 Å². The molecule has 0 aromatic heterocycles. The predicted octanol–water partition coefficient (Wildman–Crippen LogP) is 13.9. The number of ether oxygens (including phenoxy) is 4. The van der Waals surface area contributed by atoms with Gasteiger partial charge in [-0.25, -0.2) is 0 Å². The topological polar surface area (TPSA) is 108 Å². The molecular weight excluding hydrogens is 803 g/mol. The minimum Gasteiger partial charge on any atom is -0.466 e. The van der Waals surface area contributed by atoms with Crippen molar-refractivity contribution >= 4 is 23.9 Å². The molecule has 0 atom stereocenters. The van der Waals surface area contributed by atoms with Crippen molar-refractivity contribution in [3.05, 3.63) is 95.6 Å². The van der Waals surface area contributed by atoms with Crippen LogP contribution >= 0.6 is 0 Å². The lowest BCUT2D eigenvalue weighted by atomic mass is 10.1. The first kappa shape index (κ1) is 57.8. The zero-order valence-corrected chi connectivity index (χ0v) is 40.6. The molecule has 360 valence electrons. The Kier molecular flexibility index (Phi) is 38.5. The molecule has 0 heterocycles. The van der Waals surface area contributed by atoms with Crippen LogP contribution in [-0.2, 0) is 57.9 Å². The van der Waals surface area contributed by atoms with Gasteiger partial charge in [-0.2, -0.15) is 0 Å². The van der Waals surface area contributed by atoms with E-state index in [1.807, 2.05) is 49.3 Å². The maximum absolute atomic E-state index is 12.5. The summed E-state index contributed by atoms with van der Waals surface area (Å²) in [5.74, 6) is -1.81. The molecule has 0 unspecified atom stereocenters. The molecule has 0 amide bonds. The highest BCUT2D eigenvalue weighted by atomic mass is 16.5. The minimum atomic E-state index is -0.495. The summed E-state index contributed by atoms with van der Waals surface area (Å²) in [7, 11) is 3.91. The van der Waals surface area contributed by atoms with E-state index in [2.05, 4.69) is 62.5 Å². The molecule has 0 spiro atoms. The van der Waals surface area contributed by atoms with E-state index in [9.17, 15) is 19.2 Å². The van der Waals surface area contributed by atoms with Gasteiger partial charge >= 0.3 is 23.9 Å². The molecule has 1 rings (SSSR count). The van der Waals surface area contributed by atoms with Crippen molar-refractivity contribution in [2.24, 2.45) is 0 Å². The van der Waals surface area contributed by atoms with Gasteiger partial charge in [0.15, 0.2) is 0 Å². The second kappa shape index (κ2) is 42.7. The molecule has 64 heavy (non-hydrogen) atoms. The number of benzene rings is 1. The molecule has 0 aliphatic heterocycles. The smallest absolute Gasteiger partial charge is 0.306 e. The molecule has 9 nitrogen and oxygen atoms in total. The summed E-state index contributed by atoms with van der Waals surface area (Å²) in [6.07, 6.45) is 47.2. The molecule has 0 aliphatic carbocycles. The van der Waals surface area contributed by atoms with Crippen LogP contribution in [0.25, 0.3) is 0 Å². The molecule has 0 bridgehead atoms. The monoisotopic (exact) mass is 890 g/mol. The predicted molar refractivity (Wildman–Crippen MR) is 262 cm³/mol. The zero-order valence-electron chi connectivity index (χ0n) is 40.6. The van der Waals surface area contributed by atoms with Crippen molar-refractivity contribution in [2.45, 2.75) is 201 Å². The van der Waals surface area contributed by atoms with Crippen LogP contribution in [0.15, 0.2) is 79.0 Å². The molecule has 9 heteroatoms. The van der Waals surface area contributed by atoms with E-state index in [1.165, 1.54) is 77.0 Å². The van der Waals surface area contributed by atoms with E-state index in [0.29, 0.717) is 13.2 Å². The van der Waals surface area contributed by atoms with Crippen molar-refractivity contribution in [2.75, 3.05) is 27.3 Å². The molecule has 1 aromatic carbocycles. The number of carbonyl (C=O) groups excluding carboxylic acids is 4. The van der Waals surface area contributed by atoms with Crippen LogP contribution in [0.4, 0.5) is 0 Å². The van der Waals surface area contributed by atoms with Crippen LogP contribution < -0.4 is 0 Å². The average molecular weight is 890 g/mol. The summed E-state index contributed by atoms with van der Waals surface area (Å²) in [5, 5.41) is 0. The molecule has 0 N–H and O–H groups in total. The van der Waals surface area contributed by atoms with Crippen molar-refractivity contribution in [1.82, 2.24) is 4.90 Å². The number of unbranched alkanes of at least 4 members (excludes halogenated alkanes) is 16. The summed E-state index contributed by atoms with van der Waals surface area (Å²) in [5.41, 5.74) is 2.47. The summed E-state index contributed by atoms with van der Waals surface area (Å²) in [6, 6.07) is 5.71. The lowest BCUT2D eigenvalue weighted by Crippen LogP contribution is -2.13. The summed E-state index contributed by atoms with van der Waals surface area (Å²) in [4.78, 5) is 51.4. The van der Waals surface area contributed by atoms with Gasteiger partial charge in [0.05, 0.1) is 32.3 Å². The standard InChI is InChI=1S/C55H87NO8/c1-5-7-9-11-13-15-17-19-21-23-25-27-29-31-33-35-41-61-52(57)37-39-54(59)63-47-50-43-49(46-56(3)4)44-51(45-50)48-64-55(60)40-38-53(58)62-42-36-34-32-30-28-26-24-22-20-18-16-14-12-10-8-6-2/h13-16,19-22,33,35,43-45H,5-12,17-18,23-32,34,36-42,46-48H2,1-4H3/b15-13-,16-14-,21-19-,22-20-,35-33+. The Labute approximate surface area is 389 Å². The van der Waals surface area contributed by atoms with Gasteiger partial charge in [0, 0.05) is 6.54 Å². The summed E-state index contributed by atoms with van der Waals surface area (Å²) in [6.45, 7) is 5.71. The van der Waals surface area contributed by atoms with Crippen LogP contribution in [-0.4, -0.2) is 56.1 Å². The van der Waals surface area contributed by atoms with Gasteiger partial charge in [0.1, 0.15) is 19.8 Å². The second-order valence-electron chi connectivity index (χ2n) is 17.0. The number of hydrogen-bond donors (Lipinski definition) is 0. The summed E-state index contributed by atoms with van der Waals surface area (Å²) >= 11 is 0. The van der Waals surface area contributed by atoms with E-state index in [4.69, 9.17) is 18.9 Å². The molecule has 0 saturated carbocycles. The summed E-state index contributed by atoms with van der Waals surface area (Å²) < 4.78 is 21.6. The van der Waals surface area contributed by atoms with Crippen LogP contribution in [0, 0.1) is 0 Å². The van der Waals surface area contributed by atoms with E-state index < -0.39 is 23.9 Å². The molecule has 0 aliphatic rings. The highest BCUT2D eigenvalue weighted by Gasteiger charge is 2.13. The van der Waals surface area contributed by atoms with E-state index >= 15 is 0 Å². The quantitative estimate of drug-likeness (QED) is 0.0275. The number of allylic oxidation sites excluding steroid dienone is 9. The average Bonchev–Trinajstić information content (AvgIpc) is 3.28. The largest absolute Gasteiger partial charge is 0.466 e. The van der Waals surface area contributed by atoms with Crippen LogP contribution in [0.3, 0.4) is 0 Å². The first-order chi connectivity index (χ1) is 31.2. The van der Waals surface area contributed by atoms with Crippen molar-refractivity contribution in [1.29, 1.82) is 0 Å². The molecular formula is C55H87NO8. The third-order valence-corrected chi connectivity index (χ3v) is 10.4. The van der Waals surface area contributed by atoms with Gasteiger partial charge < -0.3 is 23.8 Å². The SMILES string of the molecule is CCCCC/C=C\C/C=C\CCCCC/C=C/COC(=O)CCC(=O)OCc1cc(COC(=O)CCC(=O)OCCCCCCCC/C=C\C/C=C\CCCCC)cc(CN(C)C)c1. The van der Waals surface area contributed by atoms with E-state index in [-0.39, 0.29) is 45.5 Å². The number of esters is 4. The van der Waals surface area contributed by atoms with Crippen molar-refractivity contribution < 1.29 is 38.1 Å². The minimum absolute atomic E-state index is 0.0205. The first-order valence-corrected chi connectivity index (χ1v) is 24.9. The van der Waals surface area contributed by atoms with E-state index in [0.717, 1.165) is 80.9 Å². The normalized spacial score (nSPS) is 11.9. The maximum Gasteiger partial charge on any atom is 0.306 e. The lowest BCUT2D eigenvalue weighted by Gasteiger charge is -2.14. The Morgan fingerprint density at radius 3 is 1.23 bits per heavy atom. The van der Waals surface area contributed by atoms with Crippen molar-refractivity contribution in [3.8, 4) is 0 Å². The maximum atomic E-state index is 12.5. The number of rotatable bonds is 41. The first-order valence-electron chi connectivity index (χ1n) is 24.9. The fraction of sp³-hybridized carbons (Fsp3) is 0.636. The Balaban J connectivity index is 2.22. The number of carbonyl (C=O) groups is 4. The Morgan fingerprint density at radius 2 is 0.781 bits per heavy atom.